The van der Waals surface area contributed by atoms with Crippen LogP contribution in [0.4, 0.5) is 27.5 Å². The molecule has 4 aromatic rings. The van der Waals surface area contributed by atoms with Crippen LogP contribution in [-0.4, -0.2) is 140 Å². The van der Waals surface area contributed by atoms with Gasteiger partial charge in [0.1, 0.15) is 5.60 Å². The van der Waals surface area contributed by atoms with Crippen LogP contribution in [0, 0.1) is 25.0 Å². The molecular weight excluding hydrogens is 801 g/mol. The maximum absolute atomic E-state index is 13.1. The molecule has 4 fully saturated rings. The first-order chi connectivity index (χ1) is 30.2. The Morgan fingerprint density at radius 1 is 0.714 bits per heavy atom. The van der Waals surface area contributed by atoms with E-state index < -0.39 is 23.9 Å². The second kappa shape index (κ2) is 19.5. The van der Waals surface area contributed by atoms with Crippen LogP contribution < -0.4 is 20.4 Å². The van der Waals surface area contributed by atoms with Crippen molar-refractivity contribution in [1.82, 2.24) is 30.4 Å². The summed E-state index contributed by atoms with van der Waals surface area (Å²) in [5.41, 5.74) is 3.85. The van der Waals surface area contributed by atoms with E-state index in [4.69, 9.17) is 27.4 Å². The number of rotatable bonds is 9. The van der Waals surface area contributed by atoms with Gasteiger partial charge in [-0.25, -0.2) is 14.5 Å². The fraction of sp³-hybridized carbons (Fsp3) is 0.511. The number of amides is 3. The number of fused-ring (bicyclic) bond motifs is 2. The van der Waals surface area contributed by atoms with Gasteiger partial charge in [-0.2, -0.15) is 0 Å². The molecule has 0 bridgehead atoms. The van der Waals surface area contributed by atoms with Gasteiger partial charge in [0, 0.05) is 98.7 Å². The molecule has 332 valence electrons. The van der Waals surface area contributed by atoms with Crippen molar-refractivity contribution in [1.29, 1.82) is 0 Å². The standard InChI is InChI=1S/C25H31N5O4.C22H27N5O2/c1-16-12-29(20-9-8-19(26-5)22-18(20)7-6-10-27-22)15-21(33-16)23(31)30-13-17(14-30)11-28-24(32)34-25(2,3)4;1-4-24-10-16-12-27(13-16)22(28)20-14-26(11-15(2)29-20)19-8-7-18(23-3)21-17(19)6-5-9-25-21/h6-10,16-17,21H,11-15H2,1-4H3,(H,28,32);5-9,15-16,20,24H,4,10-14H2,1-2H3/t16-,21-;15-,20-/m11/s1. The first-order valence-electron chi connectivity index (χ1n) is 21.8. The first-order valence-corrected chi connectivity index (χ1v) is 21.8. The van der Waals surface area contributed by atoms with Crippen molar-refractivity contribution in [3.63, 3.8) is 0 Å². The molecule has 4 saturated heterocycles. The number of carbonyl (C=O) groups is 3. The predicted octanol–water partition coefficient (Wildman–Crippen LogP) is 5.81. The number of anilines is 2. The maximum Gasteiger partial charge on any atom is 0.407 e. The fourth-order valence-electron chi connectivity index (χ4n) is 8.64. The van der Waals surface area contributed by atoms with Gasteiger partial charge < -0.3 is 44.4 Å². The van der Waals surface area contributed by atoms with Gasteiger partial charge in [-0.3, -0.25) is 19.6 Å². The highest BCUT2D eigenvalue weighted by Crippen LogP contribution is 2.36. The Balaban J connectivity index is 0.000000191. The highest BCUT2D eigenvalue weighted by atomic mass is 16.6. The van der Waals surface area contributed by atoms with Crippen LogP contribution in [0.5, 0.6) is 0 Å². The molecule has 0 unspecified atom stereocenters. The number of carbonyl (C=O) groups excluding carboxylic acids is 3. The lowest BCUT2D eigenvalue weighted by Gasteiger charge is -2.44. The summed E-state index contributed by atoms with van der Waals surface area (Å²) < 4.78 is 17.3. The third kappa shape index (κ3) is 10.6. The lowest BCUT2D eigenvalue weighted by molar-refractivity contribution is -0.155. The Morgan fingerprint density at radius 2 is 1.17 bits per heavy atom. The van der Waals surface area contributed by atoms with Gasteiger partial charge >= 0.3 is 6.09 Å². The summed E-state index contributed by atoms with van der Waals surface area (Å²) in [7, 11) is 0. The summed E-state index contributed by atoms with van der Waals surface area (Å²) in [6, 6.07) is 15.2. The molecule has 0 aliphatic carbocycles. The molecule has 8 rings (SSSR count). The van der Waals surface area contributed by atoms with Crippen LogP contribution in [0.2, 0.25) is 0 Å². The Labute approximate surface area is 369 Å². The number of likely N-dealkylation sites (tertiary alicyclic amines) is 2. The number of morpholine rings is 2. The summed E-state index contributed by atoms with van der Waals surface area (Å²) in [5, 5.41) is 7.96. The minimum atomic E-state index is -0.573. The molecule has 0 spiro atoms. The molecule has 6 heterocycles. The molecule has 4 atom stereocenters. The fourth-order valence-corrected chi connectivity index (χ4v) is 8.64. The van der Waals surface area contributed by atoms with E-state index >= 15 is 0 Å². The zero-order valence-electron chi connectivity index (χ0n) is 37.0. The smallest absolute Gasteiger partial charge is 0.407 e. The summed E-state index contributed by atoms with van der Waals surface area (Å²) in [6.07, 6.45) is 1.74. The molecule has 63 heavy (non-hydrogen) atoms. The minimum absolute atomic E-state index is 0.0368. The van der Waals surface area contributed by atoms with E-state index in [2.05, 4.69) is 47.0 Å². The molecule has 2 N–H and O–H groups in total. The van der Waals surface area contributed by atoms with Gasteiger partial charge in [-0.05, 0) is 65.4 Å². The van der Waals surface area contributed by atoms with Crippen molar-refractivity contribution < 1.29 is 28.6 Å². The molecule has 3 amide bonds. The number of nitrogens with zero attached hydrogens (tertiary/aromatic N) is 8. The van der Waals surface area contributed by atoms with E-state index in [0.717, 1.165) is 48.3 Å². The summed E-state index contributed by atoms with van der Waals surface area (Å²) >= 11 is 0. The van der Waals surface area contributed by atoms with Crippen LogP contribution in [0.15, 0.2) is 60.9 Å². The van der Waals surface area contributed by atoms with E-state index in [-0.39, 0.29) is 29.9 Å². The Hall–Kier alpha value is -6.07. The molecule has 4 aliphatic rings. The minimum Gasteiger partial charge on any atom is -0.444 e. The van der Waals surface area contributed by atoms with Crippen molar-refractivity contribution in [2.75, 3.05) is 81.8 Å². The van der Waals surface area contributed by atoms with Crippen LogP contribution in [0.25, 0.3) is 31.5 Å². The van der Waals surface area contributed by atoms with Crippen LogP contribution in [0.3, 0.4) is 0 Å². The average molecular weight is 859 g/mol. The number of hydrogen-bond acceptors (Lipinski definition) is 11. The van der Waals surface area contributed by atoms with Gasteiger partial charge in [0.05, 0.1) is 49.5 Å². The van der Waals surface area contributed by atoms with Crippen LogP contribution >= 0.6 is 0 Å². The van der Waals surface area contributed by atoms with Crippen molar-refractivity contribution in [3.8, 4) is 0 Å². The zero-order valence-corrected chi connectivity index (χ0v) is 37.0. The normalized spacial score (nSPS) is 21.7. The summed E-state index contributed by atoms with van der Waals surface area (Å²) in [6.45, 7) is 33.8. The van der Waals surface area contributed by atoms with E-state index in [0.29, 0.717) is 74.1 Å². The Bertz CT molecular complexity index is 2380. The monoisotopic (exact) mass is 858 g/mol. The number of hydrogen-bond donors (Lipinski definition) is 2. The lowest BCUT2D eigenvalue weighted by Crippen LogP contribution is -2.60. The van der Waals surface area contributed by atoms with Gasteiger partial charge in [-0.15, -0.1) is 0 Å². The first kappa shape index (κ1) is 45.0. The molecule has 0 radical (unpaired) electrons. The molecule has 16 heteroatoms. The van der Waals surface area contributed by atoms with E-state index in [9.17, 15) is 14.4 Å². The molecule has 2 aromatic heterocycles. The highest BCUT2D eigenvalue weighted by Gasteiger charge is 2.40. The number of alkyl carbamates (subject to hydrolysis) is 1. The predicted molar refractivity (Wildman–Crippen MR) is 242 cm³/mol. The maximum atomic E-state index is 13.1. The van der Waals surface area contributed by atoms with Crippen molar-refractivity contribution in [3.05, 3.63) is 83.8 Å². The second-order valence-electron chi connectivity index (χ2n) is 17.8. The molecule has 0 saturated carbocycles. The van der Waals surface area contributed by atoms with Crippen molar-refractivity contribution in [2.45, 2.75) is 71.6 Å². The lowest BCUT2D eigenvalue weighted by atomic mass is 9.98. The third-order valence-electron chi connectivity index (χ3n) is 11.6. The van der Waals surface area contributed by atoms with Crippen molar-refractivity contribution >= 4 is 62.5 Å². The number of benzene rings is 2. The number of ether oxygens (including phenoxy) is 3. The van der Waals surface area contributed by atoms with Crippen LogP contribution in [0.1, 0.15) is 41.5 Å². The molecular formula is C47H58N10O6. The number of aromatic nitrogens is 2. The summed E-state index contributed by atoms with van der Waals surface area (Å²) in [5.74, 6) is 0.775. The molecule has 4 aliphatic heterocycles. The molecule has 16 nitrogen and oxygen atoms in total. The quantitative estimate of drug-likeness (QED) is 0.197. The number of pyridine rings is 2. The largest absolute Gasteiger partial charge is 0.444 e. The Morgan fingerprint density at radius 3 is 1.60 bits per heavy atom. The SMILES string of the molecule is [C-]#[N+]c1ccc(N2C[C@@H](C)O[C@@H](C(=O)N3CC(CNC(=O)OC(C)(C)C)C3)C2)c2cccnc12.[C-]#[N+]c1ccc(N2C[C@@H](C)O[C@@H](C(=O)N3CC(CNCC)C3)C2)c2cccnc12. The van der Waals surface area contributed by atoms with E-state index in [1.165, 1.54) is 0 Å². The average Bonchev–Trinajstić information content (AvgIpc) is 3.23. The van der Waals surface area contributed by atoms with Crippen LogP contribution in [-0.2, 0) is 23.8 Å². The second-order valence-corrected chi connectivity index (χ2v) is 17.8. The third-order valence-corrected chi connectivity index (χ3v) is 11.6. The topological polar surface area (TPSA) is 150 Å². The highest BCUT2D eigenvalue weighted by molar-refractivity contribution is 6.01. The van der Waals surface area contributed by atoms with Gasteiger partial charge in [0.15, 0.2) is 12.2 Å². The number of nitrogens with one attached hydrogen (secondary N) is 2. The Kier molecular flexibility index (Phi) is 13.9. The van der Waals surface area contributed by atoms with Gasteiger partial charge in [0.25, 0.3) is 11.8 Å². The van der Waals surface area contributed by atoms with Gasteiger partial charge in [-0.1, -0.05) is 31.2 Å². The van der Waals surface area contributed by atoms with E-state index in [1.807, 2.05) is 82.0 Å². The van der Waals surface area contributed by atoms with Gasteiger partial charge in [0.2, 0.25) is 11.4 Å². The van der Waals surface area contributed by atoms with E-state index in [1.54, 1.807) is 23.4 Å². The zero-order chi connectivity index (χ0) is 44.8. The summed E-state index contributed by atoms with van der Waals surface area (Å²) in [4.78, 5) is 62.0. The van der Waals surface area contributed by atoms with Crippen molar-refractivity contribution in [2.24, 2.45) is 11.8 Å². The molecule has 2 aromatic carbocycles.